The lowest BCUT2D eigenvalue weighted by Gasteiger charge is -2.24. The molecule has 1 atom stereocenters. The summed E-state index contributed by atoms with van der Waals surface area (Å²) in [7, 11) is 0. The molecular weight excluding hydrogens is 280 g/mol. The van der Waals surface area contributed by atoms with E-state index in [2.05, 4.69) is 0 Å². The second kappa shape index (κ2) is 4.84. The zero-order valence-electron chi connectivity index (χ0n) is 11.6. The van der Waals surface area contributed by atoms with Crippen molar-refractivity contribution in [1.82, 2.24) is 0 Å². The Morgan fingerprint density at radius 2 is 1.73 bits per heavy atom. The van der Waals surface area contributed by atoms with Crippen LogP contribution in [0.4, 0.5) is 0 Å². The molecule has 0 bridgehead atoms. The van der Waals surface area contributed by atoms with Crippen LogP contribution in [0.25, 0.3) is 11.0 Å². The van der Waals surface area contributed by atoms with Gasteiger partial charge >= 0.3 is 0 Å². The first-order valence-electron chi connectivity index (χ1n) is 7.03. The average Bonchev–Trinajstić information content (AvgIpc) is 2.55. The van der Waals surface area contributed by atoms with Crippen molar-refractivity contribution in [1.29, 1.82) is 0 Å². The van der Waals surface area contributed by atoms with Crippen LogP contribution in [0.3, 0.4) is 0 Å². The van der Waals surface area contributed by atoms with E-state index in [0.29, 0.717) is 27.8 Å². The molecule has 0 spiro atoms. The molecule has 1 aliphatic rings. The molecule has 0 saturated heterocycles. The van der Waals surface area contributed by atoms with Crippen LogP contribution >= 0.6 is 0 Å². The first-order chi connectivity index (χ1) is 10.7. The predicted octanol–water partition coefficient (Wildman–Crippen LogP) is 3.50. The van der Waals surface area contributed by atoms with E-state index >= 15 is 0 Å². The molecule has 3 aromatic rings. The first-order valence-corrected chi connectivity index (χ1v) is 7.03. The van der Waals surface area contributed by atoms with Crippen LogP contribution in [0, 0.1) is 0 Å². The van der Waals surface area contributed by atoms with Gasteiger partial charge in [0.15, 0.2) is 11.2 Å². The predicted molar refractivity (Wildman–Crippen MR) is 81.2 cm³/mol. The zero-order valence-corrected chi connectivity index (χ0v) is 11.6. The summed E-state index contributed by atoms with van der Waals surface area (Å²) in [5.74, 6) is 0.482. The van der Waals surface area contributed by atoms with Crippen LogP contribution < -0.4 is 10.2 Å². The normalized spacial score (nSPS) is 17.1. The van der Waals surface area contributed by atoms with E-state index < -0.39 is 6.10 Å². The third kappa shape index (κ3) is 1.92. The lowest BCUT2D eigenvalue weighted by atomic mass is 9.96. The number of hydrogen-bond donors (Lipinski definition) is 0. The van der Waals surface area contributed by atoms with Crippen molar-refractivity contribution in [3.8, 4) is 5.75 Å². The largest absolute Gasteiger partial charge is 0.484 e. The van der Waals surface area contributed by atoms with Gasteiger partial charge in [0, 0.05) is 0 Å². The van der Waals surface area contributed by atoms with Crippen molar-refractivity contribution < 1.29 is 13.9 Å². The molecule has 0 saturated carbocycles. The van der Waals surface area contributed by atoms with Crippen molar-refractivity contribution in [2.45, 2.75) is 12.5 Å². The van der Waals surface area contributed by atoms with Crippen molar-refractivity contribution in [3.05, 3.63) is 76.1 Å². The first kappa shape index (κ1) is 12.8. The zero-order chi connectivity index (χ0) is 15.1. The number of rotatable bonds is 1. The Labute approximate surface area is 126 Å². The number of ketones is 1. The summed E-state index contributed by atoms with van der Waals surface area (Å²) < 4.78 is 11.3. The van der Waals surface area contributed by atoms with Gasteiger partial charge in [-0.25, -0.2) is 0 Å². The Hall–Kier alpha value is -2.88. The number of carbonyl (C=O) groups excluding carboxylic acids is 1. The van der Waals surface area contributed by atoms with Crippen LogP contribution in [0.15, 0.2) is 64.0 Å². The second-order valence-corrected chi connectivity index (χ2v) is 5.25. The van der Waals surface area contributed by atoms with Crippen LogP contribution in [-0.4, -0.2) is 5.78 Å². The van der Waals surface area contributed by atoms with E-state index in [1.54, 1.807) is 42.5 Å². The number of carbonyl (C=O) groups is 1. The Bertz CT molecular complexity index is 939. The Morgan fingerprint density at radius 1 is 0.955 bits per heavy atom. The molecule has 22 heavy (non-hydrogen) atoms. The van der Waals surface area contributed by atoms with Crippen molar-refractivity contribution >= 4 is 16.8 Å². The summed E-state index contributed by atoms with van der Waals surface area (Å²) in [5, 5.41) is 0.495. The summed E-state index contributed by atoms with van der Waals surface area (Å²) in [6.07, 6.45) is 0.930. The third-order valence-corrected chi connectivity index (χ3v) is 3.88. The van der Waals surface area contributed by atoms with Crippen molar-refractivity contribution in [3.63, 3.8) is 0 Å². The monoisotopic (exact) mass is 292 g/mol. The van der Waals surface area contributed by atoms with Crippen LogP contribution in [0.5, 0.6) is 5.75 Å². The van der Waals surface area contributed by atoms with E-state index in [9.17, 15) is 9.59 Å². The molecule has 2 aromatic carbocycles. The summed E-state index contributed by atoms with van der Waals surface area (Å²) in [6.45, 7) is 0. The molecule has 0 radical (unpaired) electrons. The molecule has 1 unspecified atom stereocenters. The maximum Gasteiger partial charge on any atom is 0.199 e. The van der Waals surface area contributed by atoms with Gasteiger partial charge in [0.05, 0.1) is 22.9 Å². The molecule has 0 amide bonds. The number of benzene rings is 2. The molecule has 1 aliphatic heterocycles. The maximum absolute atomic E-state index is 12.6. The number of hydrogen-bond acceptors (Lipinski definition) is 4. The summed E-state index contributed by atoms with van der Waals surface area (Å²) in [6, 6.07) is 14.1. The van der Waals surface area contributed by atoms with E-state index in [-0.39, 0.29) is 17.6 Å². The molecule has 4 heteroatoms. The molecular formula is C18H12O4. The molecule has 0 aliphatic carbocycles. The van der Waals surface area contributed by atoms with Gasteiger partial charge in [-0.2, -0.15) is 0 Å². The fourth-order valence-corrected chi connectivity index (χ4v) is 2.76. The lowest BCUT2D eigenvalue weighted by molar-refractivity contribution is 0.0847. The van der Waals surface area contributed by atoms with Crippen LogP contribution in [-0.2, 0) is 0 Å². The van der Waals surface area contributed by atoms with Crippen molar-refractivity contribution in [2.75, 3.05) is 0 Å². The summed E-state index contributed by atoms with van der Waals surface area (Å²) in [4.78, 5) is 24.8. The highest BCUT2D eigenvalue weighted by Crippen LogP contribution is 2.34. The molecule has 0 fully saturated rings. The van der Waals surface area contributed by atoms with Crippen molar-refractivity contribution in [2.24, 2.45) is 0 Å². The van der Waals surface area contributed by atoms with Gasteiger partial charge in [0.1, 0.15) is 23.7 Å². The van der Waals surface area contributed by atoms with Gasteiger partial charge in [-0.15, -0.1) is 0 Å². The fourth-order valence-electron chi connectivity index (χ4n) is 2.76. The minimum atomic E-state index is -0.608. The summed E-state index contributed by atoms with van der Waals surface area (Å²) in [5.41, 5.74) is 1.31. The Morgan fingerprint density at radius 3 is 2.64 bits per heavy atom. The van der Waals surface area contributed by atoms with E-state index in [1.807, 2.05) is 6.07 Å². The molecule has 4 rings (SSSR count). The highest BCUT2D eigenvalue weighted by molar-refractivity contribution is 6.00. The fraction of sp³-hybridized carbons (Fsp3) is 0.111. The van der Waals surface area contributed by atoms with Gasteiger partial charge in [-0.05, 0) is 24.3 Å². The topological polar surface area (TPSA) is 56.5 Å². The molecule has 0 N–H and O–H groups in total. The van der Waals surface area contributed by atoms with Gasteiger partial charge in [0.2, 0.25) is 0 Å². The minimum absolute atomic E-state index is 0.0283. The number of para-hydroxylation sites is 2. The molecule has 2 heterocycles. The van der Waals surface area contributed by atoms with E-state index in [0.717, 1.165) is 0 Å². The lowest BCUT2D eigenvalue weighted by Crippen LogP contribution is -2.25. The third-order valence-electron chi connectivity index (χ3n) is 3.88. The van der Waals surface area contributed by atoms with Gasteiger partial charge in [-0.1, -0.05) is 24.3 Å². The average molecular weight is 292 g/mol. The summed E-state index contributed by atoms with van der Waals surface area (Å²) >= 11 is 0. The molecule has 108 valence electrons. The number of ether oxygens (including phenoxy) is 1. The molecule has 1 aromatic heterocycles. The van der Waals surface area contributed by atoms with E-state index in [1.165, 1.54) is 6.26 Å². The number of fused-ring (bicyclic) bond motifs is 2. The highest BCUT2D eigenvalue weighted by atomic mass is 16.5. The van der Waals surface area contributed by atoms with E-state index in [4.69, 9.17) is 9.15 Å². The quantitative estimate of drug-likeness (QED) is 0.689. The van der Waals surface area contributed by atoms with Gasteiger partial charge < -0.3 is 9.15 Å². The second-order valence-electron chi connectivity index (χ2n) is 5.25. The highest BCUT2D eigenvalue weighted by Gasteiger charge is 2.29. The SMILES string of the molecule is O=C1CC(c2coc3ccccc3c2=O)Oc2ccccc21. The molecule has 4 nitrogen and oxygen atoms in total. The smallest absolute Gasteiger partial charge is 0.199 e. The van der Waals surface area contributed by atoms with Gasteiger partial charge in [-0.3, -0.25) is 9.59 Å². The minimum Gasteiger partial charge on any atom is -0.484 e. The van der Waals surface area contributed by atoms with Gasteiger partial charge in [0.25, 0.3) is 0 Å². The number of Topliss-reactive ketones (excluding diaryl/α,β-unsaturated/α-hetero) is 1. The van der Waals surface area contributed by atoms with Crippen LogP contribution in [0.2, 0.25) is 0 Å². The standard InChI is InChI=1S/C18H12O4/c19-14-9-17(22-16-8-4-1-5-11(14)16)13-10-21-15-7-3-2-6-12(15)18(13)20/h1-8,10,17H,9H2. The Balaban J connectivity index is 1.82. The maximum atomic E-state index is 12.6. The Kier molecular flexibility index (Phi) is 2.82. The van der Waals surface area contributed by atoms with Crippen LogP contribution in [0.1, 0.15) is 28.4 Å².